The molecule has 2 aromatic heterocycles. The SMILES string of the molecule is CCCc1cc(C(=O)Nc2ncc(-c3cccc(Br)c3)n2C)n[nH]1. The van der Waals surface area contributed by atoms with Gasteiger partial charge in [-0.15, -0.1) is 0 Å². The van der Waals surface area contributed by atoms with Crippen LogP contribution in [-0.4, -0.2) is 25.7 Å². The van der Waals surface area contributed by atoms with Gasteiger partial charge in [-0.1, -0.05) is 41.4 Å². The fourth-order valence-corrected chi connectivity index (χ4v) is 2.88. The second-order valence-corrected chi connectivity index (χ2v) is 6.43. The van der Waals surface area contributed by atoms with E-state index in [1.807, 2.05) is 35.9 Å². The molecule has 1 aromatic carbocycles. The van der Waals surface area contributed by atoms with Gasteiger partial charge in [0.05, 0.1) is 11.9 Å². The summed E-state index contributed by atoms with van der Waals surface area (Å²) in [4.78, 5) is 16.6. The first-order valence-corrected chi connectivity index (χ1v) is 8.51. The third-order valence-electron chi connectivity index (χ3n) is 3.72. The van der Waals surface area contributed by atoms with Gasteiger partial charge in [-0.25, -0.2) is 4.98 Å². The number of H-pyrrole nitrogens is 1. The molecule has 1 amide bonds. The fourth-order valence-electron chi connectivity index (χ4n) is 2.48. The maximum Gasteiger partial charge on any atom is 0.278 e. The molecule has 0 unspecified atom stereocenters. The highest BCUT2D eigenvalue weighted by Gasteiger charge is 2.15. The second-order valence-electron chi connectivity index (χ2n) is 5.52. The molecular weight excluding hydrogens is 370 g/mol. The zero-order chi connectivity index (χ0) is 17.1. The smallest absolute Gasteiger partial charge is 0.278 e. The number of aromatic amines is 1. The largest absolute Gasteiger partial charge is 0.313 e. The number of carbonyl (C=O) groups is 1. The van der Waals surface area contributed by atoms with Gasteiger partial charge in [0.2, 0.25) is 5.95 Å². The van der Waals surface area contributed by atoms with Gasteiger partial charge in [-0.05, 0) is 24.6 Å². The van der Waals surface area contributed by atoms with Crippen molar-refractivity contribution in [1.82, 2.24) is 19.7 Å². The number of rotatable bonds is 5. The Hall–Kier alpha value is -2.41. The van der Waals surface area contributed by atoms with Crippen LogP contribution in [0.2, 0.25) is 0 Å². The quantitative estimate of drug-likeness (QED) is 0.699. The number of hydrogen-bond donors (Lipinski definition) is 2. The van der Waals surface area contributed by atoms with Gasteiger partial charge >= 0.3 is 0 Å². The Balaban J connectivity index is 1.79. The minimum Gasteiger partial charge on any atom is -0.313 e. The molecule has 0 atom stereocenters. The van der Waals surface area contributed by atoms with Crippen LogP contribution in [0, 0.1) is 0 Å². The molecule has 0 saturated carbocycles. The van der Waals surface area contributed by atoms with Crippen molar-refractivity contribution in [3.63, 3.8) is 0 Å². The van der Waals surface area contributed by atoms with Crippen LogP contribution in [0.5, 0.6) is 0 Å². The first kappa shape index (κ1) is 16.4. The molecular formula is C17H18BrN5O. The highest BCUT2D eigenvalue weighted by atomic mass is 79.9. The Morgan fingerprint density at radius 2 is 2.21 bits per heavy atom. The van der Waals surface area contributed by atoms with Crippen molar-refractivity contribution >= 4 is 27.8 Å². The van der Waals surface area contributed by atoms with Crippen LogP contribution in [0.1, 0.15) is 29.5 Å². The molecule has 0 fully saturated rings. The standard InChI is InChI=1S/C17H18BrN5O/c1-3-5-13-9-14(22-21-13)16(24)20-17-19-10-15(23(17)2)11-6-4-7-12(18)8-11/h4,6-10H,3,5H2,1-2H3,(H,21,22)(H,19,20,24). The van der Waals surface area contributed by atoms with Crippen LogP contribution in [0.4, 0.5) is 5.95 Å². The number of aromatic nitrogens is 4. The number of amides is 1. The lowest BCUT2D eigenvalue weighted by molar-refractivity contribution is 0.102. The molecule has 0 aliphatic heterocycles. The average molecular weight is 388 g/mol. The zero-order valence-corrected chi connectivity index (χ0v) is 15.1. The lowest BCUT2D eigenvalue weighted by atomic mass is 10.2. The van der Waals surface area contributed by atoms with Crippen LogP contribution in [0.25, 0.3) is 11.3 Å². The van der Waals surface area contributed by atoms with Gasteiger partial charge in [0.15, 0.2) is 5.69 Å². The predicted molar refractivity (Wildman–Crippen MR) is 96.9 cm³/mol. The van der Waals surface area contributed by atoms with E-state index in [0.717, 1.165) is 34.3 Å². The maximum atomic E-state index is 12.3. The molecule has 3 aromatic rings. The summed E-state index contributed by atoms with van der Waals surface area (Å²) in [5, 5.41) is 9.74. The normalized spacial score (nSPS) is 10.8. The van der Waals surface area contributed by atoms with E-state index in [0.29, 0.717) is 11.6 Å². The summed E-state index contributed by atoms with van der Waals surface area (Å²) in [5.41, 5.74) is 3.26. The topological polar surface area (TPSA) is 75.6 Å². The number of benzene rings is 1. The van der Waals surface area contributed by atoms with Crippen LogP contribution in [-0.2, 0) is 13.5 Å². The number of carbonyl (C=O) groups excluding carboxylic acids is 1. The van der Waals surface area contributed by atoms with Gasteiger partial charge in [0, 0.05) is 22.8 Å². The summed E-state index contributed by atoms with van der Waals surface area (Å²) in [6.45, 7) is 2.08. The first-order valence-electron chi connectivity index (χ1n) is 7.71. The van der Waals surface area contributed by atoms with E-state index >= 15 is 0 Å². The number of anilines is 1. The summed E-state index contributed by atoms with van der Waals surface area (Å²) in [7, 11) is 1.87. The Morgan fingerprint density at radius 3 is 2.96 bits per heavy atom. The lowest BCUT2D eigenvalue weighted by Gasteiger charge is -2.07. The van der Waals surface area contributed by atoms with Crippen molar-refractivity contribution in [2.75, 3.05) is 5.32 Å². The Kier molecular flexibility index (Phi) is 4.80. The summed E-state index contributed by atoms with van der Waals surface area (Å²) >= 11 is 3.47. The van der Waals surface area contributed by atoms with Crippen molar-refractivity contribution in [2.24, 2.45) is 7.05 Å². The molecule has 7 heteroatoms. The summed E-state index contributed by atoms with van der Waals surface area (Å²) in [5.74, 6) is 0.207. The van der Waals surface area contributed by atoms with Gasteiger partial charge in [0.1, 0.15) is 0 Å². The molecule has 0 saturated heterocycles. The van der Waals surface area contributed by atoms with Gasteiger partial charge in [0.25, 0.3) is 5.91 Å². The molecule has 24 heavy (non-hydrogen) atoms. The lowest BCUT2D eigenvalue weighted by Crippen LogP contribution is -2.15. The average Bonchev–Trinajstić information content (AvgIpc) is 3.16. The van der Waals surface area contributed by atoms with Gasteiger partial charge in [-0.2, -0.15) is 5.10 Å². The van der Waals surface area contributed by atoms with E-state index < -0.39 is 0 Å². The Morgan fingerprint density at radius 1 is 1.38 bits per heavy atom. The number of nitrogens with zero attached hydrogens (tertiary/aromatic N) is 3. The van der Waals surface area contributed by atoms with Crippen molar-refractivity contribution in [2.45, 2.75) is 19.8 Å². The summed E-state index contributed by atoms with van der Waals surface area (Å²) < 4.78 is 2.84. The number of imidazole rings is 1. The first-order chi connectivity index (χ1) is 11.6. The van der Waals surface area contributed by atoms with E-state index in [9.17, 15) is 4.79 Å². The predicted octanol–water partition coefficient (Wildman–Crippen LogP) is 3.78. The number of nitrogens with one attached hydrogen (secondary N) is 2. The van der Waals surface area contributed by atoms with Gasteiger partial charge in [-0.3, -0.25) is 15.2 Å². The minimum atomic E-state index is -0.275. The van der Waals surface area contributed by atoms with Crippen LogP contribution >= 0.6 is 15.9 Å². The number of aryl methyl sites for hydroxylation is 1. The fraction of sp³-hybridized carbons (Fsp3) is 0.235. The van der Waals surface area contributed by atoms with E-state index in [1.165, 1.54) is 0 Å². The third kappa shape index (κ3) is 3.41. The second kappa shape index (κ2) is 7.00. The van der Waals surface area contributed by atoms with Crippen molar-refractivity contribution in [3.05, 3.63) is 52.4 Å². The van der Waals surface area contributed by atoms with E-state index in [1.54, 1.807) is 12.3 Å². The summed E-state index contributed by atoms with van der Waals surface area (Å²) in [6, 6.07) is 9.71. The molecule has 3 rings (SSSR count). The Bertz CT molecular complexity index is 868. The van der Waals surface area contributed by atoms with E-state index in [2.05, 4.69) is 43.4 Å². The van der Waals surface area contributed by atoms with Crippen molar-refractivity contribution in [3.8, 4) is 11.3 Å². The van der Waals surface area contributed by atoms with Crippen LogP contribution in [0.15, 0.2) is 41.0 Å². The molecule has 0 bridgehead atoms. The van der Waals surface area contributed by atoms with E-state index in [4.69, 9.17) is 0 Å². The van der Waals surface area contributed by atoms with Gasteiger partial charge < -0.3 is 4.57 Å². The molecule has 6 nitrogen and oxygen atoms in total. The highest BCUT2D eigenvalue weighted by Crippen LogP contribution is 2.24. The molecule has 0 radical (unpaired) electrons. The van der Waals surface area contributed by atoms with Crippen LogP contribution in [0.3, 0.4) is 0 Å². The number of halogens is 1. The maximum absolute atomic E-state index is 12.3. The van der Waals surface area contributed by atoms with Crippen molar-refractivity contribution < 1.29 is 4.79 Å². The minimum absolute atomic E-state index is 0.275. The molecule has 0 aliphatic carbocycles. The Labute approximate surface area is 148 Å². The molecule has 2 heterocycles. The monoisotopic (exact) mass is 387 g/mol. The summed E-state index contributed by atoms with van der Waals surface area (Å²) in [6.07, 6.45) is 3.61. The number of hydrogen-bond acceptors (Lipinski definition) is 3. The molecule has 0 spiro atoms. The van der Waals surface area contributed by atoms with Crippen LogP contribution < -0.4 is 5.32 Å². The molecule has 2 N–H and O–H groups in total. The van der Waals surface area contributed by atoms with E-state index in [-0.39, 0.29) is 5.91 Å². The molecule has 0 aliphatic rings. The third-order valence-corrected chi connectivity index (χ3v) is 4.21. The van der Waals surface area contributed by atoms with Crippen molar-refractivity contribution in [1.29, 1.82) is 0 Å². The highest BCUT2D eigenvalue weighted by molar-refractivity contribution is 9.10. The zero-order valence-electron chi connectivity index (χ0n) is 13.5. The molecule has 124 valence electrons.